The lowest BCUT2D eigenvalue weighted by Crippen LogP contribution is -2.19. The summed E-state index contributed by atoms with van der Waals surface area (Å²) in [7, 11) is 1.65. The van der Waals surface area contributed by atoms with Gasteiger partial charge in [-0.3, -0.25) is 0 Å². The van der Waals surface area contributed by atoms with Gasteiger partial charge in [-0.15, -0.1) is 0 Å². The van der Waals surface area contributed by atoms with Crippen molar-refractivity contribution in [2.45, 2.75) is 0 Å². The van der Waals surface area contributed by atoms with Crippen molar-refractivity contribution in [2.24, 2.45) is 0 Å². The molecule has 0 fully saturated rings. The average Bonchev–Trinajstić information content (AvgIpc) is 2.66. The molecule has 0 atom stereocenters. The Morgan fingerprint density at radius 1 is 0.808 bits per heavy atom. The number of anilines is 4. The Morgan fingerprint density at radius 3 is 2.12 bits per heavy atom. The highest BCUT2D eigenvalue weighted by Gasteiger charge is 2.04. The molecule has 0 radical (unpaired) electrons. The topological polar surface area (TPSA) is 45.3 Å². The van der Waals surface area contributed by atoms with Gasteiger partial charge < -0.3 is 20.7 Å². The minimum atomic E-state index is 0.475. The van der Waals surface area contributed by atoms with Gasteiger partial charge in [-0.2, -0.15) is 0 Å². The van der Waals surface area contributed by atoms with E-state index in [4.69, 9.17) is 28.6 Å². The molecule has 3 N–H and O–H groups in total. The van der Waals surface area contributed by atoms with E-state index in [1.165, 1.54) is 0 Å². The zero-order valence-electron chi connectivity index (χ0n) is 14.1. The van der Waals surface area contributed by atoms with Gasteiger partial charge in [-0.1, -0.05) is 35.9 Å². The number of halogens is 1. The molecular weight excluding hydrogens is 366 g/mol. The molecule has 0 spiro atoms. The van der Waals surface area contributed by atoms with Crippen molar-refractivity contribution in [1.82, 2.24) is 0 Å². The Hall–Kier alpha value is -2.76. The van der Waals surface area contributed by atoms with Crippen LogP contribution in [0.2, 0.25) is 5.02 Å². The van der Waals surface area contributed by atoms with Crippen LogP contribution in [0.15, 0.2) is 72.8 Å². The molecule has 3 rings (SSSR count). The van der Waals surface area contributed by atoms with Crippen LogP contribution >= 0.6 is 23.8 Å². The van der Waals surface area contributed by atoms with Crippen LogP contribution in [-0.2, 0) is 0 Å². The van der Waals surface area contributed by atoms with Gasteiger partial charge in [0.1, 0.15) is 5.75 Å². The van der Waals surface area contributed by atoms with E-state index in [2.05, 4.69) is 16.0 Å². The van der Waals surface area contributed by atoms with Crippen LogP contribution in [-0.4, -0.2) is 12.2 Å². The lowest BCUT2D eigenvalue weighted by Gasteiger charge is -2.13. The largest absolute Gasteiger partial charge is 0.495 e. The van der Waals surface area contributed by atoms with Crippen LogP contribution in [0.5, 0.6) is 5.75 Å². The van der Waals surface area contributed by atoms with Gasteiger partial charge in [-0.05, 0) is 60.7 Å². The standard InChI is InChI=1S/C20H18ClN3OS/c1-25-19-9-5-4-8-18(19)22-14-10-12-15(13-11-14)23-20(26)24-17-7-3-2-6-16(17)21/h2-13,22H,1H3,(H2,23,24,26). The van der Waals surface area contributed by atoms with E-state index in [-0.39, 0.29) is 0 Å². The molecule has 26 heavy (non-hydrogen) atoms. The number of hydrogen-bond acceptors (Lipinski definition) is 3. The first-order valence-corrected chi connectivity index (χ1v) is 8.77. The Balaban J connectivity index is 1.62. The lowest BCUT2D eigenvalue weighted by molar-refractivity contribution is 0.417. The highest BCUT2D eigenvalue weighted by atomic mass is 35.5. The van der Waals surface area contributed by atoms with Crippen molar-refractivity contribution in [3.05, 3.63) is 77.8 Å². The maximum Gasteiger partial charge on any atom is 0.175 e. The number of methoxy groups -OCH3 is 1. The molecule has 6 heteroatoms. The Morgan fingerprint density at radius 2 is 1.42 bits per heavy atom. The lowest BCUT2D eigenvalue weighted by atomic mass is 10.2. The molecule has 0 aliphatic carbocycles. The second kappa shape index (κ2) is 8.56. The van der Waals surface area contributed by atoms with E-state index in [0.29, 0.717) is 10.1 Å². The minimum absolute atomic E-state index is 0.475. The number of thiocarbonyl (C=S) groups is 1. The summed E-state index contributed by atoms with van der Waals surface area (Å²) in [6.45, 7) is 0. The van der Waals surface area contributed by atoms with E-state index < -0.39 is 0 Å². The van der Waals surface area contributed by atoms with Crippen molar-refractivity contribution in [3.8, 4) is 5.75 Å². The van der Waals surface area contributed by atoms with Crippen LogP contribution in [0.1, 0.15) is 0 Å². The van der Waals surface area contributed by atoms with Crippen molar-refractivity contribution in [3.63, 3.8) is 0 Å². The highest BCUT2D eigenvalue weighted by Crippen LogP contribution is 2.27. The summed E-state index contributed by atoms with van der Waals surface area (Å²) >= 11 is 11.5. The third kappa shape index (κ3) is 4.65. The van der Waals surface area contributed by atoms with Gasteiger partial charge in [0.05, 0.1) is 23.5 Å². The first-order valence-electron chi connectivity index (χ1n) is 7.98. The number of benzene rings is 3. The summed E-state index contributed by atoms with van der Waals surface area (Å²) in [5, 5.41) is 10.7. The zero-order chi connectivity index (χ0) is 18.4. The minimum Gasteiger partial charge on any atom is -0.495 e. The number of hydrogen-bond donors (Lipinski definition) is 3. The highest BCUT2D eigenvalue weighted by molar-refractivity contribution is 7.80. The van der Waals surface area contributed by atoms with E-state index in [9.17, 15) is 0 Å². The second-order valence-electron chi connectivity index (χ2n) is 5.46. The fourth-order valence-electron chi connectivity index (χ4n) is 2.39. The first kappa shape index (κ1) is 18.0. The monoisotopic (exact) mass is 383 g/mol. The summed E-state index contributed by atoms with van der Waals surface area (Å²) in [5.41, 5.74) is 3.50. The molecule has 0 amide bonds. The van der Waals surface area contributed by atoms with Crippen molar-refractivity contribution < 1.29 is 4.74 Å². The SMILES string of the molecule is COc1ccccc1Nc1ccc(NC(=S)Nc2ccccc2Cl)cc1. The van der Waals surface area contributed by atoms with Crippen LogP contribution in [0.4, 0.5) is 22.7 Å². The number of ether oxygens (including phenoxy) is 1. The maximum atomic E-state index is 6.13. The Kier molecular flexibility index (Phi) is 5.94. The molecule has 3 aromatic carbocycles. The predicted octanol–water partition coefficient (Wildman–Crippen LogP) is 5.90. The molecule has 0 aliphatic rings. The molecule has 0 saturated heterocycles. The first-order chi connectivity index (χ1) is 12.7. The molecule has 0 aromatic heterocycles. The average molecular weight is 384 g/mol. The molecule has 3 aromatic rings. The maximum absolute atomic E-state index is 6.13. The van der Waals surface area contributed by atoms with Crippen molar-refractivity contribution in [1.29, 1.82) is 0 Å². The molecule has 0 heterocycles. The number of para-hydroxylation sites is 3. The van der Waals surface area contributed by atoms with Gasteiger partial charge >= 0.3 is 0 Å². The molecule has 0 aliphatic heterocycles. The summed E-state index contributed by atoms with van der Waals surface area (Å²) in [4.78, 5) is 0. The van der Waals surface area contributed by atoms with Gasteiger partial charge in [-0.25, -0.2) is 0 Å². The normalized spacial score (nSPS) is 10.1. The van der Waals surface area contributed by atoms with E-state index in [1.54, 1.807) is 7.11 Å². The van der Waals surface area contributed by atoms with Gasteiger partial charge in [0.25, 0.3) is 0 Å². The summed E-state index contributed by atoms with van der Waals surface area (Å²) in [6.07, 6.45) is 0. The molecule has 132 valence electrons. The van der Waals surface area contributed by atoms with E-state index >= 15 is 0 Å². The van der Waals surface area contributed by atoms with Crippen LogP contribution in [0.25, 0.3) is 0 Å². The van der Waals surface area contributed by atoms with Crippen LogP contribution in [0.3, 0.4) is 0 Å². The number of nitrogens with one attached hydrogen (secondary N) is 3. The number of rotatable bonds is 5. The summed E-state index contributed by atoms with van der Waals surface area (Å²) in [6, 6.07) is 23.0. The second-order valence-corrected chi connectivity index (χ2v) is 6.28. The molecule has 4 nitrogen and oxygen atoms in total. The Bertz CT molecular complexity index is 900. The third-order valence-corrected chi connectivity index (χ3v) is 4.18. The Labute approximate surface area is 163 Å². The summed E-state index contributed by atoms with van der Waals surface area (Å²) < 4.78 is 5.35. The van der Waals surface area contributed by atoms with Crippen molar-refractivity contribution >= 4 is 51.7 Å². The van der Waals surface area contributed by atoms with E-state index in [0.717, 1.165) is 28.5 Å². The molecular formula is C20H18ClN3OS. The smallest absolute Gasteiger partial charge is 0.175 e. The predicted molar refractivity (Wildman–Crippen MR) is 114 cm³/mol. The molecule has 0 unspecified atom stereocenters. The van der Waals surface area contributed by atoms with Crippen molar-refractivity contribution in [2.75, 3.05) is 23.1 Å². The quantitative estimate of drug-likeness (QED) is 0.478. The fourth-order valence-corrected chi connectivity index (χ4v) is 2.80. The van der Waals surface area contributed by atoms with Gasteiger partial charge in [0.15, 0.2) is 5.11 Å². The van der Waals surface area contributed by atoms with Crippen LogP contribution in [0, 0.1) is 0 Å². The fraction of sp³-hybridized carbons (Fsp3) is 0.0500. The summed E-state index contributed by atoms with van der Waals surface area (Å²) in [5.74, 6) is 0.791. The van der Waals surface area contributed by atoms with Gasteiger partial charge in [0.2, 0.25) is 0 Å². The molecule has 0 saturated carbocycles. The van der Waals surface area contributed by atoms with E-state index in [1.807, 2.05) is 72.8 Å². The van der Waals surface area contributed by atoms with Crippen LogP contribution < -0.4 is 20.7 Å². The zero-order valence-corrected chi connectivity index (χ0v) is 15.7. The molecule has 0 bridgehead atoms. The van der Waals surface area contributed by atoms with Gasteiger partial charge in [0, 0.05) is 11.4 Å². The third-order valence-electron chi connectivity index (χ3n) is 3.65.